The molecule has 34 heavy (non-hydrogen) atoms. The maximum absolute atomic E-state index is 12.3. The molecule has 0 aliphatic heterocycles. The molecule has 0 saturated carbocycles. The molecule has 0 atom stereocenters. The van der Waals surface area contributed by atoms with Gasteiger partial charge in [-0.1, -0.05) is 24.3 Å². The van der Waals surface area contributed by atoms with Crippen LogP contribution in [0.3, 0.4) is 0 Å². The Morgan fingerprint density at radius 2 is 1.79 bits per heavy atom. The highest BCUT2D eigenvalue weighted by atomic mass is 16.5. The van der Waals surface area contributed by atoms with Gasteiger partial charge in [0.25, 0.3) is 5.91 Å². The summed E-state index contributed by atoms with van der Waals surface area (Å²) in [6, 6.07) is 18.4. The van der Waals surface area contributed by atoms with Crippen LogP contribution in [0, 0.1) is 0 Å². The average molecular weight is 460 g/mol. The van der Waals surface area contributed by atoms with Gasteiger partial charge < -0.3 is 30.5 Å². The van der Waals surface area contributed by atoms with Crippen molar-refractivity contribution in [1.29, 1.82) is 0 Å². The van der Waals surface area contributed by atoms with E-state index in [-0.39, 0.29) is 25.0 Å². The molecule has 1 heterocycles. The molecule has 174 valence electrons. The van der Waals surface area contributed by atoms with Gasteiger partial charge in [-0.2, -0.15) is 4.98 Å². The molecule has 0 aliphatic carbocycles. The molecule has 9 heteroatoms. The lowest BCUT2D eigenvalue weighted by Gasteiger charge is -2.14. The minimum Gasteiger partial charge on any atom is -0.495 e. The van der Waals surface area contributed by atoms with E-state index in [1.807, 2.05) is 43.4 Å². The van der Waals surface area contributed by atoms with Crippen LogP contribution in [0.2, 0.25) is 0 Å². The normalized spacial score (nSPS) is 10.6. The molecule has 4 rings (SSSR count). The molecule has 0 aliphatic rings. The first-order valence-corrected chi connectivity index (χ1v) is 10.7. The average Bonchev–Trinajstić information content (AvgIpc) is 2.87. The zero-order valence-corrected chi connectivity index (χ0v) is 18.8. The molecule has 9 nitrogen and oxygen atoms in total. The van der Waals surface area contributed by atoms with E-state index >= 15 is 0 Å². The molecule has 0 radical (unpaired) electrons. The molecule has 0 unspecified atom stereocenters. The zero-order chi connectivity index (χ0) is 23.9. The standard InChI is InChI=1S/C25H25N5O4/c1-26-19-8-10-21(18-6-4-3-5-17(18)19)34-23-11-12-28-25(30-23)29-20-15-16(7-9-22(20)33-2)24(32)27-13-14-31/h3-12,15,26,31H,13-14H2,1-2H3,(H,27,32)(H,28,29,30). The Labute approximate surface area is 196 Å². The van der Waals surface area contributed by atoms with Crippen LogP contribution in [0.4, 0.5) is 17.3 Å². The van der Waals surface area contributed by atoms with Crippen molar-refractivity contribution < 1.29 is 19.4 Å². The third kappa shape index (κ3) is 5.00. The summed E-state index contributed by atoms with van der Waals surface area (Å²) in [6.07, 6.45) is 1.58. The summed E-state index contributed by atoms with van der Waals surface area (Å²) in [5, 5.41) is 19.8. The fourth-order valence-corrected chi connectivity index (χ4v) is 3.49. The number of aromatic nitrogens is 2. The molecule has 3 aromatic carbocycles. The first kappa shape index (κ1) is 22.8. The summed E-state index contributed by atoms with van der Waals surface area (Å²) in [7, 11) is 3.41. The summed E-state index contributed by atoms with van der Waals surface area (Å²) >= 11 is 0. The topological polar surface area (TPSA) is 118 Å². The lowest BCUT2D eigenvalue weighted by Crippen LogP contribution is -2.26. The minimum atomic E-state index is -0.311. The number of nitrogens with one attached hydrogen (secondary N) is 3. The van der Waals surface area contributed by atoms with E-state index in [4.69, 9.17) is 14.6 Å². The van der Waals surface area contributed by atoms with E-state index in [1.54, 1.807) is 30.5 Å². The Kier molecular flexibility index (Phi) is 7.04. The van der Waals surface area contributed by atoms with Gasteiger partial charge in [0.2, 0.25) is 11.8 Å². The molecule has 1 aromatic heterocycles. The maximum Gasteiger partial charge on any atom is 0.251 e. The lowest BCUT2D eigenvalue weighted by molar-refractivity contribution is 0.0945. The highest BCUT2D eigenvalue weighted by Crippen LogP contribution is 2.34. The Bertz CT molecular complexity index is 1310. The number of aliphatic hydroxyl groups is 1. The van der Waals surface area contributed by atoms with Crippen molar-refractivity contribution in [3.05, 3.63) is 72.4 Å². The van der Waals surface area contributed by atoms with Crippen LogP contribution in [0.1, 0.15) is 10.4 Å². The molecule has 0 fully saturated rings. The molecule has 4 N–H and O–H groups in total. The number of carbonyl (C=O) groups is 1. The van der Waals surface area contributed by atoms with Crippen LogP contribution in [-0.2, 0) is 0 Å². The molecule has 4 aromatic rings. The second kappa shape index (κ2) is 10.5. The number of rotatable bonds is 9. The fraction of sp³-hybridized carbons (Fsp3) is 0.160. The second-order valence-corrected chi connectivity index (χ2v) is 7.25. The van der Waals surface area contributed by atoms with Crippen LogP contribution in [0.5, 0.6) is 17.4 Å². The number of hydrogen-bond donors (Lipinski definition) is 4. The van der Waals surface area contributed by atoms with E-state index in [0.29, 0.717) is 28.6 Å². The number of aliphatic hydroxyl groups excluding tert-OH is 1. The highest BCUT2D eigenvalue weighted by Gasteiger charge is 2.13. The summed E-state index contributed by atoms with van der Waals surface area (Å²) in [5.41, 5.74) is 1.92. The smallest absolute Gasteiger partial charge is 0.251 e. The number of anilines is 3. The van der Waals surface area contributed by atoms with Crippen LogP contribution >= 0.6 is 0 Å². The quantitative estimate of drug-likeness (QED) is 0.297. The lowest BCUT2D eigenvalue weighted by atomic mass is 10.1. The van der Waals surface area contributed by atoms with Gasteiger partial charge in [-0.25, -0.2) is 4.98 Å². The van der Waals surface area contributed by atoms with Crippen LogP contribution in [0.15, 0.2) is 66.9 Å². The van der Waals surface area contributed by atoms with E-state index in [0.717, 1.165) is 16.5 Å². The number of amides is 1. The number of methoxy groups -OCH3 is 1. The van der Waals surface area contributed by atoms with Crippen molar-refractivity contribution in [3.63, 3.8) is 0 Å². The van der Waals surface area contributed by atoms with Crippen LogP contribution in [0.25, 0.3) is 10.8 Å². The van der Waals surface area contributed by atoms with Gasteiger partial charge in [0.1, 0.15) is 11.5 Å². The van der Waals surface area contributed by atoms with Crippen LogP contribution in [-0.4, -0.2) is 48.3 Å². The predicted molar refractivity (Wildman–Crippen MR) is 131 cm³/mol. The largest absolute Gasteiger partial charge is 0.495 e. The van der Waals surface area contributed by atoms with Crippen molar-refractivity contribution in [1.82, 2.24) is 15.3 Å². The molecular weight excluding hydrogens is 434 g/mol. The predicted octanol–water partition coefficient (Wildman–Crippen LogP) is 3.94. The molecule has 0 spiro atoms. The summed E-state index contributed by atoms with van der Waals surface area (Å²) in [5.74, 6) is 1.51. The minimum absolute atomic E-state index is 0.138. The van der Waals surface area contributed by atoms with Gasteiger partial charge in [-0.15, -0.1) is 0 Å². The Hall–Kier alpha value is -4.37. The number of ether oxygens (including phenoxy) is 2. The van der Waals surface area contributed by atoms with Gasteiger partial charge >= 0.3 is 0 Å². The number of carbonyl (C=O) groups excluding carboxylic acids is 1. The number of fused-ring (bicyclic) bond motifs is 1. The van der Waals surface area contributed by atoms with E-state index in [9.17, 15) is 4.79 Å². The van der Waals surface area contributed by atoms with Crippen molar-refractivity contribution in [2.75, 3.05) is 37.9 Å². The van der Waals surface area contributed by atoms with Gasteiger partial charge in [0.15, 0.2) is 0 Å². The second-order valence-electron chi connectivity index (χ2n) is 7.25. The van der Waals surface area contributed by atoms with E-state index in [1.165, 1.54) is 7.11 Å². The zero-order valence-electron chi connectivity index (χ0n) is 18.8. The molecular formula is C25H25N5O4. The highest BCUT2D eigenvalue weighted by molar-refractivity contribution is 5.98. The SMILES string of the molecule is CNc1ccc(Oc2ccnc(Nc3cc(C(=O)NCCO)ccc3OC)n2)c2ccccc12. The summed E-state index contributed by atoms with van der Waals surface area (Å²) in [4.78, 5) is 21.0. The van der Waals surface area contributed by atoms with Gasteiger partial charge in [0, 0.05) is 47.9 Å². The van der Waals surface area contributed by atoms with Crippen molar-refractivity contribution in [3.8, 4) is 17.4 Å². The number of nitrogens with zero attached hydrogens (tertiary/aromatic N) is 2. The number of benzene rings is 3. The summed E-state index contributed by atoms with van der Waals surface area (Å²) in [6.45, 7) is 0.0285. The van der Waals surface area contributed by atoms with Gasteiger partial charge in [-0.05, 0) is 30.3 Å². The molecule has 0 bridgehead atoms. The van der Waals surface area contributed by atoms with Gasteiger partial charge in [0.05, 0.1) is 19.4 Å². The monoisotopic (exact) mass is 459 g/mol. The number of hydrogen-bond acceptors (Lipinski definition) is 8. The Balaban J connectivity index is 1.59. The first-order chi connectivity index (χ1) is 16.6. The first-order valence-electron chi connectivity index (χ1n) is 10.7. The Morgan fingerprint density at radius 1 is 1.00 bits per heavy atom. The molecule has 1 amide bonds. The van der Waals surface area contributed by atoms with E-state index in [2.05, 4.69) is 25.9 Å². The third-order valence-electron chi connectivity index (χ3n) is 5.10. The fourth-order valence-electron chi connectivity index (χ4n) is 3.49. The maximum atomic E-state index is 12.3. The molecule has 0 saturated heterocycles. The van der Waals surface area contributed by atoms with Gasteiger partial charge in [-0.3, -0.25) is 4.79 Å². The van der Waals surface area contributed by atoms with Crippen LogP contribution < -0.4 is 25.4 Å². The third-order valence-corrected chi connectivity index (χ3v) is 5.10. The Morgan fingerprint density at radius 3 is 2.56 bits per heavy atom. The van der Waals surface area contributed by atoms with Crippen molar-refractivity contribution >= 4 is 34.0 Å². The van der Waals surface area contributed by atoms with Crippen molar-refractivity contribution in [2.45, 2.75) is 0 Å². The van der Waals surface area contributed by atoms with E-state index < -0.39 is 0 Å². The summed E-state index contributed by atoms with van der Waals surface area (Å²) < 4.78 is 11.5. The van der Waals surface area contributed by atoms with Crippen molar-refractivity contribution in [2.24, 2.45) is 0 Å².